The minimum absolute atomic E-state index is 0.199. The Kier molecular flexibility index (Phi) is 9.59. The first-order valence-electron chi connectivity index (χ1n) is 15.2. The van der Waals surface area contributed by atoms with E-state index < -0.39 is 9.52 Å². The molecule has 0 aliphatic rings. The Bertz CT molecular complexity index is 1720. The van der Waals surface area contributed by atoms with Crippen molar-refractivity contribution in [3.63, 3.8) is 0 Å². The van der Waals surface area contributed by atoms with E-state index >= 15 is 0 Å². The molecular formula is C40H34BFN2Si. The lowest BCUT2D eigenvalue weighted by Crippen LogP contribution is -2.51. The molecule has 0 saturated heterocycles. The number of aromatic nitrogens is 2. The van der Waals surface area contributed by atoms with Gasteiger partial charge in [-0.25, -0.2) is 9.37 Å². The van der Waals surface area contributed by atoms with E-state index in [-0.39, 0.29) is 11.0 Å². The Balaban J connectivity index is 0.000000167. The van der Waals surface area contributed by atoms with E-state index in [4.69, 9.17) is 0 Å². The zero-order valence-corrected chi connectivity index (χ0v) is 26.4. The highest BCUT2D eigenvalue weighted by molar-refractivity contribution is 6.95. The SMILES string of the molecule is Fc1ccc([SiH2]C(c2ccccc2)(c2ccccc2)n2ccnc2)cc1.c1ccc(B(c2ccccc2)c2ccccc2)cc1. The van der Waals surface area contributed by atoms with E-state index in [1.165, 1.54) is 32.7 Å². The van der Waals surface area contributed by atoms with Gasteiger partial charge in [0.2, 0.25) is 6.71 Å². The normalized spacial score (nSPS) is 11.1. The maximum atomic E-state index is 13.4. The Morgan fingerprint density at radius 1 is 0.511 bits per heavy atom. The molecule has 7 aromatic rings. The van der Waals surface area contributed by atoms with Crippen LogP contribution in [0, 0.1) is 5.82 Å². The van der Waals surface area contributed by atoms with E-state index in [0.717, 1.165) is 0 Å². The van der Waals surface area contributed by atoms with Gasteiger partial charge >= 0.3 is 0 Å². The second kappa shape index (κ2) is 14.5. The molecule has 2 nitrogen and oxygen atoms in total. The lowest BCUT2D eigenvalue weighted by atomic mass is 9.37. The molecule has 5 heteroatoms. The van der Waals surface area contributed by atoms with Gasteiger partial charge in [-0.2, -0.15) is 0 Å². The van der Waals surface area contributed by atoms with Crippen molar-refractivity contribution in [2.75, 3.05) is 0 Å². The second-order valence-corrected chi connectivity index (χ2v) is 13.2. The summed E-state index contributed by atoms with van der Waals surface area (Å²) in [4.78, 5) is 4.32. The van der Waals surface area contributed by atoms with Crippen molar-refractivity contribution in [1.29, 1.82) is 0 Å². The third-order valence-corrected chi connectivity index (χ3v) is 10.8. The molecule has 218 valence electrons. The number of hydrogen-bond donors (Lipinski definition) is 0. The predicted octanol–water partition coefficient (Wildman–Crippen LogP) is 5.47. The molecule has 0 aliphatic heterocycles. The van der Waals surface area contributed by atoms with E-state index in [1.807, 2.05) is 43.0 Å². The van der Waals surface area contributed by atoms with Crippen molar-refractivity contribution in [2.45, 2.75) is 5.16 Å². The van der Waals surface area contributed by atoms with Gasteiger partial charge in [0.1, 0.15) is 5.82 Å². The van der Waals surface area contributed by atoms with Crippen LogP contribution in [-0.4, -0.2) is 25.8 Å². The maximum Gasteiger partial charge on any atom is 0.241 e. The van der Waals surface area contributed by atoms with Crippen LogP contribution in [0.2, 0.25) is 0 Å². The van der Waals surface area contributed by atoms with Crippen LogP contribution >= 0.6 is 0 Å². The van der Waals surface area contributed by atoms with Crippen LogP contribution in [-0.2, 0) is 5.16 Å². The fraction of sp³-hybridized carbons (Fsp3) is 0.0250. The summed E-state index contributed by atoms with van der Waals surface area (Å²) in [6.45, 7) is 0.309. The molecule has 0 radical (unpaired) electrons. The lowest BCUT2D eigenvalue weighted by molar-refractivity contribution is 0.596. The van der Waals surface area contributed by atoms with Gasteiger partial charge in [0.05, 0.1) is 21.0 Å². The van der Waals surface area contributed by atoms with Gasteiger partial charge < -0.3 is 4.57 Å². The van der Waals surface area contributed by atoms with Crippen LogP contribution < -0.4 is 21.6 Å². The van der Waals surface area contributed by atoms with Crippen LogP contribution in [0.5, 0.6) is 0 Å². The minimum atomic E-state index is -0.929. The first kappa shape index (κ1) is 29.8. The third-order valence-electron chi connectivity index (χ3n) is 8.22. The van der Waals surface area contributed by atoms with Gasteiger partial charge in [0.15, 0.2) is 0 Å². The Hall–Kier alpha value is -5.26. The summed E-state index contributed by atoms with van der Waals surface area (Å²) in [6, 6.07) is 60.0. The van der Waals surface area contributed by atoms with Gasteiger partial charge in [-0.3, -0.25) is 0 Å². The second-order valence-electron chi connectivity index (χ2n) is 11.0. The van der Waals surface area contributed by atoms with Crippen LogP contribution in [0.1, 0.15) is 11.1 Å². The van der Waals surface area contributed by atoms with Crippen LogP contribution in [0.3, 0.4) is 0 Å². The first-order valence-corrected chi connectivity index (χ1v) is 16.6. The molecule has 6 aromatic carbocycles. The molecule has 0 N–H and O–H groups in total. The van der Waals surface area contributed by atoms with Crippen LogP contribution in [0.4, 0.5) is 4.39 Å². The standard InChI is InChI=1S/C22H19FN2Si.C18H15B/c23-20-11-13-21(14-12-20)26-22(25-16-15-24-17-25,18-7-3-1-4-8-18)19-9-5-2-6-10-19;1-4-10-16(11-5-1)19(17-12-6-2-7-13-17)18-14-8-3-9-15-18/h1-17H,26H2;1-15H. The largest absolute Gasteiger partial charge is 0.326 e. The molecule has 1 heterocycles. The average molecular weight is 601 g/mol. The molecule has 0 atom stereocenters. The van der Waals surface area contributed by atoms with Crippen molar-refractivity contribution < 1.29 is 4.39 Å². The van der Waals surface area contributed by atoms with Crippen molar-refractivity contribution in [3.8, 4) is 0 Å². The van der Waals surface area contributed by atoms with E-state index in [1.54, 1.807) is 12.1 Å². The molecule has 0 bridgehead atoms. The molecule has 0 amide bonds. The third kappa shape index (κ3) is 6.95. The Labute approximate surface area is 267 Å². The Morgan fingerprint density at radius 3 is 1.29 bits per heavy atom. The smallest absolute Gasteiger partial charge is 0.241 e. The highest BCUT2D eigenvalue weighted by atomic mass is 28.2. The number of hydrogen-bond acceptors (Lipinski definition) is 1. The van der Waals surface area contributed by atoms with E-state index in [9.17, 15) is 4.39 Å². The van der Waals surface area contributed by atoms with Crippen molar-refractivity contribution in [3.05, 3.63) is 212 Å². The fourth-order valence-electron chi connectivity index (χ4n) is 6.08. The van der Waals surface area contributed by atoms with Crippen LogP contribution in [0.25, 0.3) is 0 Å². The van der Waals surface area contributed by atoms with Crippen LogP contribution in [0.15, 0.2) is 195 Å². The number of rotatable bonds is 8. The summed E-state index contributed by atoms with van der Waals surface area (Å²) in [6.07, 6.45) is 5.73. The number of imidazole rings is 1. The van der Waals surface area contributed by atoms with Gasteiger partial charge in [-0.05, 0) is 23.3 Å². The maximum absolute atomic E-state index is 13.4. The van der Waals surface area contributed by atoms with E-state index in [2.05, 4.69) is 149 Å². The zero-order chi connectivity index (χ0) is 30.7. The van der Waals surface area contributed by atoms with Gasteiger partial charge in [-0.15, -0.1) is 0 Å². The van der Waals surface area contributed by atoms with Gasteiger partial charge in [0.25, 0.3) is 0 Å². The molecule has 0 fully saturated rings. The molecule has 0 spiro atoms. The number of benzene rings is 6. The molecule has 45 heavy (non-hydrogen) atoms. The van der Waals surface area contributed by atoms with Gasteiger partial charge in [0, 0.05) is 12.4 Å². The minimum Gasteiger partial charge on any atom is -0.326 e. The monoisotopic (exact) mass is 600 g/mol. The zero-order valence-electron chi connectivity index (χ0n) is 25.0. The number of nitrogens with zero attached hydrogens (tertiary/aromatic N) is 2. The topological polar surface area (TPSA) is 17.8 Å². The van der Waals surface area contributed by atoms with Crippen molar-refractivity contribution in [1.82, 2.24) is 9.55 Å². The van der Waals surface area contributed by atoms with Gasteiger partial charge in [-0.1, -0.05) is 185 Å². The summed E-state index contributed by atoms with van der Waals surface area (Å²) in [7, 11) is -0.929. The summed E-state index contributed by atoms with van der Waals surface area (Å²) in [5.41, 5.74) is 6.44. The summed E-state index contributed by atoms with van der Waals surface area (Å²) >= 11 is 0. The summed E-state index contributed by atoms with van der Waals surface area (Å²) in [5, 5.41) is 0.879. The molecule has 0 saturated carbocycles. The molecule has 0 aliphatic carbocycles. The number of halogens is 1. The van der Waals surface area contributed by atoms with Crippen molar-refractivity contribution >= 4 is 37.8 Å². The Morgan fingerprint density at radius 2 is 0.911 bits per heavy atom. The fourth-order valence-corrected chi connectivity index (χ4v) is 8.40. The molecule has 0 unspecified atom stereocenters. The highest BCUT2D eigenvalue weighted by Gasteiger charge is 2.36. The lowest BCUT2D eigenvalue weighted by Gasteiger charge is -2.37. The quantitative estimate of drug-likeness (QED) is 0.212. The van der Waals surface area contributed by atoms with E-state index in [0.29, 0.717) is 6.71 Å². The first-order chi connectivity index (χ1) is 22.2. The molecule has 7 rings (SSSR count). The molecule has 1 aromatic heterocycles. The predicted molar refractivity (Wildman–Crippen MR) is 190 cm³/mol. The average Bonchev–Trinajstić information content (AvgIpc) is 3.67. The summed E-state index contributed by atoms with van der Waals surface area (Å²) in [5.74, 6) is -0.199. The summed E-state index contributed by atoms with van der Waals surface area (Å²) < 4.78 is 15.6. The van der Waals surface area contributed by atoms with Crippen molar-refractivity contribution in [2.24, 2.45) is 0 Å². The molecular weight excluding hydrogens is 566 g/mol. The highest BCUT2D eigenvalue weighted by Crippen LogP contribution is 2.33.